The number of carbonyl (C=O) groups excluding carboxylic acids is 1. The van der Waals surface area contributed by atoms with E-state index in [4.69, 9.17) is 11.6 Å². The highest BCUT2D eigenvalue weighted by Gasteiger charge is 2.27. The lowest BCUT2D eigenvalue weighted by Gasteiger charge is -2.34. The average Bonchev–Trinajstić information content (AvgIpc) is 2.74. The minimum absolute atomic E-state index is 0.0297. The van der Waals surface area contributed by atoms with E-state index in [0.29, 0.717) is 10.6 Å². The SMILES string of the molecule is N#Cc1cnc2ccccc2c1N1CCC(C(=O)Nc2ccc(Cl)cc2)CC1. The molecular formula is C22H19ClN4O. The molecule has 1 aromatic heterocycles. The summed E-state index contributed by atoms with van der Waals surface area (Å²) in [6.07, 6.45) is 3.11. The average molecular weight is 391 g/mol. The number of pyridine rings is 1. The first-order chi connectivity index (χ1) is 13.7. The third kappa shape index (κ3) is 3.64. The van der Waals surface area contributed by atoms with Crippen molar-refractivity contribution < 1.29 is 4.79 Å². The van der Waals surface area contributed by atoms with Crippen molar-refractivity contribution in [1.82, 2.24) is 4.98 Å². The third-order valence-corrected chi connectivity index (χ3v) is 5.41. The van der Waals surface area contributed by atoms with Crippen LogP contribution in [0.2, 0.25) is 5.02 Å². The number of nitrogens with one attached hydrogen (secondary N) is 1. The molecule has 0 aliphatic carbocycles. The van der Waals surface area contributed by atoms with Gasteiger partial charge >= 0.3 is 0 Å². The monoisotopic (exact) mass is 390 g/mol. The van der Waals surface area contributed by atoms with E-state index in [2.05, 4.69) is 21.3 Å². The predicted octanol–water partition coefficient (Wildman–Crippen LogP) is 4.61. The maximum absolute atomic E-state index is 12.6. The lowest BCUT2D eigenvalue weighted by molar-refractivity contribution is -0.120. The molecule has 1 aliphatic heterocycles. The van der Waals surface area contributed by atoms with Gasteiger partial charge in [0, 0.05) is 41.3 Å². The quantitative estimate of drug-likeness (QED) is 0.708. The largest absolute Gasteiger partial charge is 0.370 e. The number of benzene rings is 2. The number of anilines is 2. The van der Waals surface area contributed by atoms with Crippen molar-refractivity contribution in [3.8, 4) is 6.07 Å². The minimum atomic E-state index is -0.0504. The molecule has 2 aromatic carbocycles. The number of fused-ring (bicyclic) bond motifs is 1. The Kier molecular flexibility index (Phi) is 5.14. The van der Waals surface area contributed by atoms with Crippen LogP contribution in [-0.2, 0) is 4.79 Å². The fourth-order valence-electron chi connectivity index (χ4n) is 3.69. The van der Waals surface area contributed by atoms with Crippen molar-refractivity contribution in [2.75, 3.05) is 23.3 Å². The van der Waals surface area contributed by atoms with E-state index in [1.807, 2.05) is 24.3 Å². The third-order valence-electron chi connectivity index (χ3n) is 5.16. The van der Waals surface area contributed by atoms with E-state index in [1.54, 1.807) is 30.5 Å². The summed E-state index contributed by atoms with van der Waals surface area (Å²) in [7, 11) is 0. The molecular weight excluding hydrogens is 372 g/mol. The second kappa shape index (κ2) is 7.87. The Hall–Kier alpha value is -3.10. The number of nitrogens with zero attached hydrogens (tertiary/aromatic N) is 3. The lowest BCUT2D eigenvalue weighted by Crippen LogP contribution is -2.38. The molecule has 2 heterocycles. The summed E-state index contributed by atoms with van der Waals surface area (Å²) in [5.41, 5.74) is 3.12. The van der Waals surface area contributed by atoms with Crippen molar-refractivity contribution in [3.63, 3.8) is 0 Å². The molecule has 3 aromatic rings. The van der Waals surface area contributed by atoms with Gasteiger partial charge in [0.25, 0.3) is 0 Å². The second-order valence-corrected chi connectivity index (χ2v) is 7.34. The molecule has 1 saturated heterocycles. The number of aromatic nitrogens is 1. The molecule has 4 rings (SSSR count). The van der Waals surface area contributed by atoms with Crippen molar-refractivity contribution in [3.05, 3.63) is 65.3 Å². The second-order valence-electron chi connectivity index (χ2n) is 6.91. The smallest absolute Gasteiger partial charge is 0.227 e. The van der Waals surface area contributed by atoms with Gasteiger partial charge in [-0.05, 0) is 43.2 Å². The summed E-state index contributed by atoms with van der Waals surface area (Å²) in [4.78, 5) is 19.2. The summed E-state index contributed by atoms with van der Waals surface area (Å²) < 4.78 is 0. The van der Waals surface area contributed by atoms with Gasteiger partial charge in [-0.1, -0.05) is 29.8 Å². The topological polar surface area (TPSA) is 69.0 Å². The van der Waals surface area contributed by atoms with Crippen LogP contribution >= 0.6 is 11.6 Å². The van der Waals surface area contributed by atoms with Gasteiger partial charge in [0.2, 0.25) is 5.91 Å². The van der Waals surface area contributed by atoms with E-state index in [-0.39, 0.29) is 11.8 Å². The maximum atomic E-state index is 12.6. The molecule has 0 spiro atoms. The standard InChI is InChI=1S/C22H19ClN4O/c23-17-5-7-18(8-6-17)26-22(28)15-9-11-27(12-10-15)21-16(13-24)14-25-20-4-2-1-3-19(20)21/h1-8,14-15H,9-12H2,(H,26,28). The maximum Gasteiger partial charge on any atom is 0.227 e. The van der Waals surface area contributed by atoms with Gasteiger partial charge in [-0.25, -0.2) is 0 Å². The van der Waals surface area contributed by atoms with E-state index >= 15 is 0 Å². The van der Waals surface area contributed by atoms with Crippen LogP contribution in [0.15, 0.2) is 54.7 Å². The number of hydrogen-bond donors (Lipinski definition) is 1. The molecule has 0 radical (unpaired) electrons. The molecule has 1 fully saturated rings. The highest BCUT2D eigenvalue weighted by molar-refractivity contribution is 6.30. The molecule has 1 aliphatic rings. The fraction of sp³-hybridized carbons (Fsp3) is 0.227. The van der Waals surface area contributed by atoms with E-state index < -0.39 is 0 Å². The van der Waals surface area contributed by atoms with Crippen molar-refractivity contribution in [1.29, 1.82) is 5.26 Å². The predicted molar refractivity (Wildman–Crippen MR) is 111 cm³/mol. The lowest BCUT2D eigenvalue weighted by atomic mass is 9.94. The molecule has 140 valence electrons. The first kappa shape index (κ1) is 18.3. The van der Waals surface area contributed by atoms with Crippen LogP contribution in [0.5, 0.6) is 0 Å². The molecule has 1 N–H and O–H groups in total. The first-order valence-corrected chi connectivity index (χ1v) is 9.63. The summed E-state index contributed by atoms with van der Waals surface area (Å²) in [6.45, 7) is 1.45. The zero-order valence-corrected chi connectivity index (χ0v) is 16.0. The summed E-state index contributed by atoms with van der Waals surface area (Å²) in [6, 6.07) is 17.2. The zero-order valence-electron chi connectivity index (χ0n) is 15.2. The van der Waals surface area contributed by atoms with Crippen LogP contribution in [-0.4, -0.2) is 24.0 Å². The molecule has 5 nitrogen and oxygen atoms in total. The molecule has 0 atom stereocenters. The number of nitriles is 1. The van der Waals surface area contributed by atoms with Crippen LogP contribution in [0.3, 0.4) is 0 Å². The van der Waals surface area contributed by atoms with Crippen LogP contribution < -0.4 is 10.2 Å². The Labute approximate surface area is 168 Å². The molecule has 0 saturated carbocycles. The number of para-hydroxylation sites is 1. The van der Waals surface area contributed by atoms with Crippen LogP contribution in [0.4, 0.5) is 11.4 Å². The number of amides is 1. The van der Waals surface area contributed by atoms with Crippen LogP contribution in [0, 0.1) is 17.2 Å². The fourth-order valence-corrected chi connectivity index (χ4v) is 3.82. The molecule has 0 unspecified atom stereocenters. The van der Waals surface area contributed by atoms with E-state index in [9.17, 15) is 10.1 Å². The number of piperidine rings is 1. The van der Waals surface area contributed by atoms with Crippen LogP contribution in [0.25, 0.3) is 10.9 Å². The van der Waals surface area contributed by atoms with Crippen LogP contribution in [0.1, 0.15) is 18.4 Å². The molecule has 1 amide bonds. The zero-order chi connectivity index (χ0) is 19.5. The highest BCUT2D eigenvalue weighted by atomic mass is 35.5. The Bertz CT molecular complexity index is 1050. The number of carbonyl (C=O) groups is 1. The molecule has 0 bridgehead atoms. The van der Waals surface area contributed by atoms with Gasteiger partial charge in [-0.3, -0.25) is 9.78 Å². The van der Waals surface area contributed by atoms with Crippen molar-refractivity contribution >= 4 is 39.8 Å². The van der Waals surface area contributed by atoms with E-state index in [1.165, 1.54) is 0 Å². The van der Waals surface area contributed by atoms with Gasteiger partial charge in [-0.2, -0.15) is 5.26 Å². The summed E-state index contributed by atoms with van der Waals surface area (Å²) >= 11 is 5.89. The molecule has 6 heteroatoms. The Morgan fingerprint density at radius 1 is 1.14 bits per heavy atom. The summed E-state index contributed by atoms with van der Waals surface area (Å²) in [5, 5.41) is 14.1. The van der Waals surface area contributed by atoms with Gasteiger partial charge in [0.1, 0.15) is 6.07 Å². The molecule has 28 heavy (non-hydrogen) atoms. The number of halogens is 1. The Balaban J connectivity index is 1.49. The minimum Gasteiger partial charge on any atom is -0.370 e. The normalized spacial score (nSPS) is 14.6. The van der Waals surface area contributed by atoms with Gasteiger partial charge in [0.15, 0.2) is 0 Å². The van der Waals surface area contributed by atoms with Gasteiger partial charge < -0.3 is 10.2 Å². The van der Waals surface area contributed by atoms with Crippen molar-refractivity contribution in [2.45, 2.75) is 12.8 Å². The van der Waals surface area contributed by atoms with Gasteiger partial charge in [0.05, 0.1) is 16.8 Å². The Morgan fingerprint density at radius 2 is 1.86 bits per heavy atom. The summed E-state index contributed by atoms with van der Waals surface area (Å²) in [5.74, 6) is -0.0207. The number of rotatable bonds is 3. The van der Waals surface area contributed by atoms with E-state index in [0.717, 1.165) is 48.2 Å². The van der Waals surface area contributed by atoms with Crippen molar-refractivity contribution in [2.24, 2.45) is 5.92 Å². The van der Waals surface area contributed by atoms with Gasteiger partial charge in [-0.15, -0.1) is 0 Å². The first-order valence-electron chi connectivity index (χ1n) is 9.25. The number of hydrogen-bond acceptors (Lipinski definition) is 4. The Morgan fingerprint density at radius 3 is 2.57 bits per heavy atom. The highest BCUT2D eigenvalue weighted by Crippen LogP contribution is 2.32.